The second-order valence-electron chi connectivity index (χ2n) is 4.37. The molecule has 0 saturated heterocycles. The first kappa shape index (κ1) is 14.1. The van der Waals surface area contributed by atoms with E-state index in [0.717, 1.165) is 16.8 Å². The van der Waals surface area contributed by atoms with Gasteiger partial charge in [-0.2, -0.15) is 0 Å². The number of aryl methyl sites for hydroxylation is 2. The monoisotopic (exact) mass is 295 g/mol. The summed E-state index contributed by atoms with van der Waals surface area (Å²) in [6.45, 7) is 6.27. The molecule has 0 bridgehead atoms. The van der Waals surface area contributed by atoms with Gasteiger partial charge in [-0.05, 0) is 55.5 Å². The molecule has 0 amide bonds. The molecule has 0 saturated carbocycles. The highest BCUT2D eigenvalue weighted by atomic mass is 32.2. The first-order chi connectivity index (χ1) is 8.96. The average Bonchev–Trinajstić information content (AvgIpc) is 2.88. The van der Waals surface area contributed by atoms with Gasteiger partial charge in [0.1, 0.15) is 4.21 Å². The van der Waals surface area contributed by atoms with E-state index in [9.17, 15) is 8.42 Å². The minimum absolute atomic E-state index is 0.382. The van der Waals surface area contributed by atoms with Crippen molar-refractivity contribution in [2.45, 2.75) is 25.0 Å². The summed E-state index contributed by atoms with van der Waals surface area (Å²) >= 11 is 1.25. The van der Waals surface area contributed by atoms with Gasteiger partial charge in [-0.3, -0.25) is 4.31 Å². The molecule has 1 aromatic carbocycles. The minimum Gasteiger partial charge on any atom is -0.266 e. The third-order valence-corrected chi connectivity index (χ3v) is 6.38. The number of sulfonamides is 1. The molecule has 102 valence electrons. The third kappa shape index (κ3) is 2.67. The minimum atomic E-state index is -3.44. The Balaban J connectivity index is 2.48. The molecule has 5 heteroatoms. The van der Waals surface area contributed by atoms with E-state index in [0.29, 0.717) is 10.8 Å². The van der Waals surface area contributed by atoms with Crippen LogP contribution in [-0.4, -0.2) is 15.0 Å². The van der Waals surface area contributed by atoms with E-state index < -0.39 is 10.0 Å². The quantitative estimate of drug-likeness (QED) is 0.864. The van der Waals surface area contributed by atoms with Crippen molar-refractivity contribution in [1.82, 2.24) is 0 Å². The fourth-order valence-electron chi connectivity index (χ4n) is 1.89. The van der Waals surface area contributed by atoms with Crippen molar-refractivity contribution in [3.63, 3.8) is 0 Å². The van der Waals surface area contributed by atoms with Crippen molar-refractivity contribution in [2.75, 3.05) is 10.8 Å². The SMILES string of the molecule is CCN(c1ccc(C)c(C)c1)S(=O)(=O)c1cccs1. The van der Waals surface area contributed by atoms with Crippen LogP contribution < -0.4 is 4.31 Å². The zero-order chi connectivity index (χ0) is 14.0. The summed E-state index contributed by atoms with van der Waals surface area (Å²) in [5.74, 6) is 0. The molecular weight excluding hydrogens is 278 g/mol. The normalized spacial score (nSPS) is 11.5. The summed E-state index contributed by atoms with van der Waals surface area (Å²) in [5.41, 5.74) is 2.98. The van der Waals surface area contributed by atoms with Gasteiger partial charge < -0.3 is 0 Å². The molecule has 0 atom stereocenters. The summed E-state index contributed by atoms with van der Waals surface area (Å²) in [4.78, 5) is 0. The number of hydrogen-bond donors (Lipinski definition) is 0. The Morgan fingerprint density at radius 2 is 1.89 bits per heavy atom. The smallest absolute Gasteiger partial charge is 0.266 e. The lowest BCUT2D eigenvalue weighted by Gasteiger charge is -2.22. The molecule has 0 fully saturated rings. The fraction of sp³-hybridized carbons (Fsp3) is 0.286. The Morgan fingerprint density at radius 1 is 1.16 bits per heavy atom. The van der Waals surface area contributed by atoms with Gasteiger partial charge in [-0.25, -0.2) is 8.42 Å². The van der Waals surface area contributed by atoms with E-state index in [4.69, 9.17) is 0 Å². The topological polar surface area (TPSA) is 37.4 Å². The lowest BCUT2D eigenvalue weighted by Crippen LogP contribution is -2.30. The van der Waals surface area contributed by atoms with Gasteiger partial charge in [0.05, 0.1) is 5.69 Å². The largest absolute Gasteiger partial charge is 0.273 e. The molecule has 0 aliphatic carbocycles. The molecule has 19 heavy (non-hydrogen) atoms. The Morgan fingerprint density at radius 3 is 2.42 bits per heavy atom. The van der Waals surface area contributed by atoms with Gasteiger partial charge in [0.2, 0.25) is 0 Å². The van der Waals surface area contributed by atoms with Crippen molar-refractivity contribution in [2.24, 2.45) is 0 Å². The molecule has 0 N–H and O–H groups in total. The maximum Gasteiger partial charge on any atom is 0.273 e. The molecule has 2 aromatic rings. The number of nitrogens with zero attached hydrogens (tertiary/aromatic N) is 1. The van der Waals surface area contributed by atoms with Crippen LogP contribution in [0.4, 0.5) is 5.69 Å². The highest BCUT2D eigenvalue weighted by Crippen LogP contribution is 2.27. The van der Waals surface area contributed by atoms with Gasteiger partial charge in [0, 0.05) is 6.54 Å². The molecular formula is C14H17NO2S2. The van der Waals surface area contributed by atoms with Crippen molar-refractivity contribution < 1.29 is 8.42 Å². The summed E-state index contributed by atoms with van der Waals surface area (Å²) in [6.07, 6.45) is 0. The Hall–Kier alpha value is -1.33. The highest BCUT2D eigenvalue weighted by Gasteiger charge is 2.24. The molecule has 0 aliphatic heterocycles. The van der Waals surface area contributed by atoms with Gasteiger partial charge in [0.15, 0.2) is 0 Å². The van der Waals surface area contributed by atoms with E-state index >= 15 is 0 Å². The second-order valence-corrected chi connectivity index (χ2v) is 7.41. The van der Waals surface area contributed by atoms with Crippen LogP contribution in [-0.2, 0) is 10.0 Å². The maximum absolute atomic E-state index is 12.6. The number of rotatable bonds is 4. The molecule has 3 nitrogen and oxygen atoms in total. The van der Waals surface area contributed by atoms with Crippen LogP contribution in [0.3, 0.4) is 0 Å². The third-order valence-electron chi connectivity index (χ3n) is 3.11. The van der Waals surface area contributed by atoms with Crippen LogP contribution in [0.2, 0.25) is 0 Å². The van der Waals surface area contributed by atoms with Gasteiger partial charge in [-0.1, -0.05) is 12.1 Å². The number of benzene rings is 1. The van der Waals surface area contributed by atoms with Gasteiger partial charge >= 0.3 is 0 Å². The van der Waals surface area contributed by atoms with Crippen LogP contribution in [0.15, 0.2) is 39.9 Å². The van der Waals surface area contributed by atoms with E-state index in [1.165, 1.54) is 15.6 Å². The summed E-state index contributed by atoms with van der Waals surface area (Å²) in [6, 6.07) is 9.13. The van der Waals surface area contributed by atoms with Gasteiger partial charge in [0.25, 0.3) is 10.0 Å². The fourth-order valence-corrected chi connectivity index (χ4v) is 4.46. The van der Waals surface area contributed by atoms with Crippen molar-refractivity contribution in [3.8, 4) is 0 Å². The molecule has 0 unspecified atom stereocenters. The molecule has 1 aromatic heterocycles. The Bertz CT molecular complexity index is 661. The second kappa shape index (κ2) is 5.35. The lowest BCUT2D eigenvalue weighted by molar-refractivity contribution is 0.594. The van der Waals surface area contributed by atoms with E-state index in [-0.39, 0.29) is 0 Å². The van der Waals surface area contributed by atoms with Crippen LogP contribution in [0, 0.1) is 13.8 Å². The summed E-state index contributed by atoms with van der Waals surface area (Å²) < 4.78 is 26.9. The number of anilines is 1. The first-order valence-corrected chi connectivity index (χ1v) is 8.42. The van der Waals surface area contributed by atoms with Crippen molar-refractivity contribution >= 4 is 27.0 Å². The van der Waals surface area contributed by atoms with E-state index in [1.807, 2.05) is 39.0 Å². The predicted molar refractivity (Wildman–Crippen MR) is 80.4 cm³/mol. The lowest BCUT2D eigenvalue weighted by atomic mass is 10.1. The number of hydrogen-bond acceptors (Lipinski definition) is 3. The van der Waals surface area contributed by atoms with Crippen LogP contribution in [0.5, 0.6) is 0 Å². The van der Waals surface area contributed by atoms with Gasteiger partial charge in [-0.15, -0.1) is 11.3 Å². The number of thiophene rings is 1. The standard InChI is InChI=1S/C14H17NO2S2/c1-4-15(13-8-7-11(2)12(3)10-13)19(16,17)14-6-5-9-18-14/h5-10H,4H2,1-3H3. The van der Waals surface area contributed by atoms with Crippen LogP contribution in [0.1, 0.15) is 18.1 Å². The highest BCUT2D eigenvalue weighted by molar-refractivity contribution is 7.94. The molecule has 0 radical (unpaired) electrons. The Labute approximate surface area is 118 Å². The van der Waals surface area contributed by atoms with Crippen LogP contribution in [0.25, 0.3) is 0 Å². The predicted octanol–water partition coefficient (Wildman–Crippen LogP) is 3.58. The average molecular weight is 295 g/mol. The van der Waals surface area contributed by atoms with Crippen molar-refractivity contribution in [3.05, 3.63) is 46.8 Å². The maximum atomic E-state index is 12.6. The first-order valence-electron chi connectivity index (χ1n) is 6.10. The van der Waals surface area contributed by atoms with Crippen molar-refractivity contribution in [1.29, 1.82) is 0 Å². The molecule has 0 spiro atoms. The summed E-state index contributed by atoms with van der Waals surface area (Å²) in [5, 5.41) is 1.78. The Kier molecular flexibility index (Phi) is 3.96. The molecule has 0 aliphatic rings. The molecule has 1 heterocycles. The van der Waals surface area contributed by atoms with E-state index in [2.05, 4.69) is 0 Å². The summed E-state index contributed by atoms with van der Waals surface area (Å²) in [7, 11) is -3.44. The molecule has 2 rings (SSSR count). The zero-order valence-corrected chi connectivity index (χ0v) is 12.9. The van der Waals surface area contributed by atoms with Crippen LogP contribution >= 0.6 is 11.3 Å². The zero-order valence-electron chi connectivity index (χ0n) is 11.3. The van der Waals surface area contributed by atoms with E-state index in [1.54, 1.807) is 17.5 Å².